The van der Waals surface area contributed by atoms with Crippen molar-refractivity contribution in [1.82, 2.24) is 0 Å². The highest BCUT2D eigenvalue weighted by Gasteiger charge is 2.05. The summed E-state index contributed by atoms with van der Waals surface area (Å²) in [6.45, 7) is 1.95. The highest BCUT2D eigenvalue weighted by atomic mass is 35.5. The van der Waals surface area contributed by atoms with Gasteiger partial charge >= 0.3 is 0 Å². The fourth-order valence-electron chi connectivity index (χ4n) is 1.67. The maximum atomic E-state index is 12.0. The summed E-state index contributed by atoms with van der Waals surface area (Å²) in [6, 6.07) is 10.8. The smallest absolute Gasteiger partial charge is 0.277 e. The molecule has 0 spiro atoms. The molecule has 3 nitrogen and oxygen atoms in total. The third-order valence-corrected chi connectivity index (χ3v) is 2.89. The number of rotatable bonds is 3. The third-order valence-electron chi connectivity index (χ3n) is 2.66. The zero-order valence-corrected chi connectivity index (χ0v) is 12.4. The molecule has 1 heterocycles. The Hall–Kier alpha value is -1.84. The number of carbonyl (C=O) groups excluding carboxylic acids is 1. The standard InChI is InChI=1S/C15H13ClN2O.ClH/c1-11-3-2-4-12(9-11)14(19)7-8-18-10-13(16)5-6-15(18)17;/h2-10,17H,1H3;1H/b8-7+;. The SMILES string of the molecule is Cc1cccc(C(=O)/C=C/[n+]2cc(Cl)ccc2N)c1.[Cl-]. The molecule has 0 amide bonds. The number of nitrogens with two attached hydrogens (primary N) is 1. The van der Waals surface area contributed by atoms with E-state index >= 15 is 0 Å². The molecule has 0 aliphatic carbocycles. The molecule has 1 aromatic heterocycles. The number of benzene rings is 1. The molecule has 0 saturated heterocycles. The lowest BCUT2D eigenvalue weighted by Crippen LogP contribution is -3.00. The van der Waals surface area contributed by atoms with Crippen LogP contribution in [0.1, 0.15) is 15.9 Å². The van der Waals surface area contributed by atoms with Gasteiger partial charge in [0.15, 0.2) is 5.78 Å². The van der Waals surface area contributed by atoms with E-state index in [1.54, 1.807) is 35.2 Å². The summed E-state index contributed by atoms with van der Waals surface area (Å²) in [5.74, 6) is 0.438. The highest BCUT2D eigenvalue weighted by Crippen LogP contribution is 2.07. The molecular weight excluding hydrogens is 295 g/mol. The number of nitrogens with zero attached hydrogens (tertiary/aromatic N) is 1. The Bertz CT molecular complexity index is 654. The third kappa shape index (κ3) is 4.08. The average Bonchev–Trinajstić information content (AvgIpc) is 2.39. The number of anilines is 1. The number of hydrogen-bond donors (Lipinski definition) is 1. The van der Waals surface area contributed by atoms with Crippen molar-refractivity contribution in [3.05, 3.63) is 64.8 Å². The Balaban J connectivity index is 0.00000200. The van der Waals surface area contributed by atoms with Crippen LogP contribution in [-0.4, -0.2) is 5.78 Å². The summed E-state index contributed by atoms with van der Waals surface area (Å²) >= 11 is 5.87. The van der Waals surface area contributed by atoms with Crippen molar-refractivity contribution < 1.29 is 21.8 Å². The van der Waals surface area contributed by atoms with Crippen LogP contribution in [0.5, 0.6) is 0 Å². The van der Waals surface area contributed by atoms with Crippen molar-refractivity contribution in [1.29, 1.82) is 0 Å². The largest absolute Gasteiger partial charge is 1.00 e. The van der Waals surface area contributed by atoms with Crippen LogP contribution >= 0.6 is 11.6 Å². The molecule has 2 aromatic rings. The van der Waals surface area contributed by atoms with E-state index in [0.717, 1.165) is 5.56 Å². The van der Waals surface area contributed by atoms with Crippen molar-refractivity contribution in [2.75, 3.05) is 5.73 Å². The predicted molar refractivity (Wildman–Crippen MR) is 76.9 cm³/mol. The molecule has 0 radical (unpaired) electrons. The topological polar surface area (TPSA) is 47.0 Å². The van der Waals surface area contributed by atoms with Gasteiger partial charge in [0.05, 0.1) is 11.2 Å². The van der Waals surface area contributed by atoms with E-state index < -0.39 is 0 Å². The molecular formula is C15H14Cl2N2O. The molecule has 0 bridgehead atoms. The van der Waals surface area contributed by atoms with E-state index in [4.69, 9.17) is 17.3 Å². The Kier molecular flexibility index (Phi) is 5.74. The number of aromatic nitrogens is 1. The Morgan fingerprint density at radius 3 is 2.75 bits per heavy atom. The van der Waals surface area contributed by atoms with E-state index in [1.165, 1.54) is 6.08 Å². The Morgan fingerprint density at radius 2 is 2.05 bits per heavy atom. The summed E-state index contributed by atoms with van der Waals surface area (Å²) in [4.78, 5) is 12.0. The van der Waals surface area contributed by atoms with Gasteiger partial charge in [0.2, 0.25) is 0 Å². The number of aryl methyl sites for hydroxylation is 1. The minimum Gasteiger partial charge on any atom is -1.00 e. The fraction of sp³-hybridized carbons (Fsp3) is 0.0667. The zero-order chi connectivity index (χ0) is 13.8. The van der Waals surface area contributed by atoms with E-state index in [-0.39, 0.29) is 18.2 Å². The summed E-state index contributed by atoms with van der Waals surface area (Å²) in [7, 11) is 0. The molecule has 5 heteroatoms. The van der Waals surface area contributed by atoms with E-state index in [1.807, 2.05) is 25.1 Å². The van der Waals surface area contributed by atoms with Crippen molar-refractivity contribution in [2.24, 2.45) is 0 Å². The van der Waals surface area contributed by atoms with Gasteiger partial charge in [-0.05, 0) is 19.1 Å². The first kappa shape index (κ1) is 16.2. The van der Waals surface area contributed by atoms with Crippen LogP contribution in [0.4, 0.5) is 5.82 Å². The molecule has 0 fully saturated rings. The van der Waals surface area contributed by atoms with Crippen LogP contribution in [-0.2, 0) is 0 Å². The van der Waals surface area contributed by atoms with Gasteiger partial charge in [0.25, 0.3) is 5.82 Å². The van der Waals surface area contributed by atoms with Crippen LogP contribution in [0.3, 0.4) is 0 Å². The Labute approximate surface area is 129 Å². The first-order valence-corrected chi connectivity index (χ1v) is 6.19. The molecule has 0 aliphatic rings. The molecule has 1 aromatic carbocycles. The number of allylic oxidation sites excluding steroid dienone is 1. The van der Waals surface area contributed by atoms with E-state index in [2.05, 4.69) is 0 Å². The minimum absolute atomic E-state index is 0. The van der Waals surface area contributed by atoms with Gasteiger partial charge in [-0.3, -0.25) is 10.5 Å². The van der Waals surface area contributed by atoms with Gasteiger partial charge in [-0.1, -0.05) is 35.4 Å². The molecule has 20 heavy (non-hydrogen) atoms. The van der Waals surface area contributed by atoms with Crippen molar-refractivity contribution >= 4 is 29.4 Å². The van der Waals surface area contributed by atoms with E-state index in [9.17, 15) is 4.79 Å². The predicted octanol–water partition coefficient (Wildman–Crippen LogP) is -0.124. The molecule has 2 rings (SSSR count). The molecule has 0 unspecified atom stereocenters. The lowest BCUT2D eigenvalue weighted by Gasteiger charge is -1.98. The summed E-state index contributed by atoms with van der Waals surface area (Å²) < 4.78 is 1.61. The molecule has 0 saturated carbocycles. The average molecular weight is 309 g/mol. The molecule has 104 valence electrons. The van der Waals surface area contributed by atoms with Crippen LogP contribution in [0.2, 0.25) is 5.02 Å². The zero-order valence-electron chi connectivity index (χ0n) is 10.9. The highest BCUT2D eigenvalue weighted by molar-refractivity contribution is 6.30. The van der Waals surface area contributed by atoms with Gasteiger partial charge in [0.1, 0.15) is 6.20 Å². The number of halogens is 2. The van der Waals surface area contributed by atoms with Crippen LogP contribution in [0.25, 0.3) is 6.20 Å². The molecule has 2 N–H and O–H groups in total. The van der Waals surface area contributed by atoms with Gasteiger partial charge in [-0.2, -0.15) is 0 Å². The van der Waals surface area contributed by atoms with Gasteiger partial charge in [-0.15, -0.1) is 0 Å². The number of hydrogen-bond acceptors (Lipinski definition) is 2. The fourth-order valence-corrected chi connectivity index (χ4v) is 1.84. The number of pyridine rings is 1. The second-order valence-electron chi connectivity index (χ2n) is 4.23. The summed E-state index contributed by atoms with van der Waals surface area (Å²) in [6.07, 6.45) is 4.73. The normalized spacial score (nSPS) is 10.3. The van der Waals surface area contributed by atoms with Crippen LogP contribution < -0.4 is 22.7 Å². The summed E-state index contributed by atoms with van der Waals surface area (Å²) in [5, 5.41) is 0.557. The van der Waals surface area contributed by atoms with Crippen molar-refractivity contribution in [2.45, 2.75) is 6.92 Å². The first-order chi connectivity index (χ1) is 9.06. The monoisotopic (exact) mass is 308 g/mol. The first-order valence-electron chi connectivity index (χ1n) is 5.81. The van der Waals surface area contributed by atoms with Crippen LogP contribution in [0, 0.1) is 6.92 Å². The van der Waals surface area contributed by atoms with Crippen molar-refractivity contribution in [3.63, 3.8) is 0 Å². The maximum Gasteiger partial charge on any atom is 0.277 e. The van der Waals surface area contributed by atoms with Gasteiger partial charge < -0.3 is 12.4 Å². The number of ketones is 1. The van der Waals surface area contributed by atoms with Crippen molar-refractivity contribution in [3.8, 4) is 0 Å². The quantitative estimate of drug-likeness (QED) is 0.488. The minimum atomic E-state index is -0.0735. The maximum absolute atomic E-state index is 12.0. The Morgan fingerprint density at radius 1 is 1.30 bits per heavy atom. The van der Waals surface area contributed by atoms with E-state index in [0.29, 0.717) is 16.4 Å². The molecule has 0 aliphatic heterocycles. The van der Waals surface area contributed by atoms with Gasteiger partial charge in [0, 0.05) is 17.7 Å². The second-order valence-corrected chi connectivity index (χ2v) is 4.67. The lowest BCUT2D eigenvalue weighted by atomic mass is 10.1. The second kappa shape index (κ2) is 7.08. The molecule has 0 atom stereocenters. The number of carbonyl (C=O) groups is 1. The number of nitrogen functional groups attached to an aromatic ring is 1. The lowest BCUT2D eigenvalue weighted by molar-refractivity contribution is -0.552. The van der Waals surface area contributed by atoms with Crippen LogP contribution in [0.15, 0.2) is 48.7 Å². The van der Waals surface area contributed by atoms with Gasteiger partial charge in [-0.25, -0.2) is 4.57 Å². The summed E-state index contributed by atoms with van der Waals surface area (Å²) in [5.41, 5.74) is 7.48.